The Bertz CT molecular complexity index is 1440. The van der Waals surface area contributed by atoms with Crippen molar-refractivity contribution in [1.29, 1.82) is 5.26 Å². The zero-order chi connectivity index (χ0) is 30.3. The van der Waals surface area contributed by atoms with Crippen molar-refractivity contribution in [2.75, 3.05) is 0 Å². The summed E-state index contributed by atoms with van der Waals surface area (Å²) in [6.45, 7) is 7.40. The van der Waals surface area contributed by atoms with Crippen LogP contribution in [-0.4, -0.2) is 33.1 Å². The zero-order valence-electron chi connectivity index (χ0n) is 24.4. The molecule has 10 heteroatoms. The second kappa shape index (κ2) is 13.2. The van der Waals surface area contributed by atoms with Gasteiger partial charge in [-0.1, -0.05) is 68.4 Å². The van der Waals surface area contributed by atoms with E-state index in [1.807, 2.05) is 85.5 Å². The van der Waals surface area contributed by atoms with Crippen LogP contribution in [0.15, 0.2) is 67.0 Å². The van der Waals surface area contributed by atoms with E-state index in [0.717, 1.165) is 29.5 Å². The van der Waals surface area contributed by atoms with Crippen LogP contribution in [0.5, 0.6) is 0 Å². The van der Waals surface area contributed by atoms with Crippen molar-refractivity contribution < 1.29 is 19.1 Å². The Morgan fingerprint density at radius 3 is 2.43 bits per heavy atom. The minimum absolute atomic E-state index is 0.0593. The molecule has 1 unspecified atom stereocenters. The van der Waals surface area contributed by atoms with Crippen molar-refractivity contribution >= 4 is 29.4 Å². The fraction of sp³-hybridized carbons (Fsp3) is 0.406. The number of ether oxygens (including phenoxy) is 2. The number of thiocarbonyl (C=S) groups is 1. The highest BCUT2D eigenvalue weighted by Gasteiger charge is 2.47. The van der Waals surface area contributed by atoms with Gasteiger partial charge in [-0.25, -0.2) is 9.59 Å². The van der Waals surface area contributed by atoms with E-state index in [-0.39, 0.29) is 24.6 Å². The first-order valence-electron chi connectivity index (χ1n) is 14.0. The monoisotopic (exact) mass is 587 g/mol. The largest absolute Gasteiger partial charge is 0.461 e. The molecule has 0 saturated heterocycles. The average molecular weight is 588 g/mol. The van der Waals surface area contributed by atoms with E-state index in [1.165, 1.54) is 0 Å². The maximum absolute atomic E-state index is 13.9. The second-order valence-corrected chi connectivity index (χ2v) is 12.1. The summed E-state index contributed by atoms with van der Waals surface area (Å²) in [5.41, 5.74) is 1.19. The Balaban J connectivity index is 1.63. The van der Waals surface area contributed by atoms with Gasteiger partial charge in [0.15, 0.2) is 10.7 Å². The number of nitrogens with zero attached hydrogens (tertiary/aromatic N) is 3. The van der Waals surface area contributed by atoms with E-state index >= 15 is 0 Å². The van der Waals surface area contributed by atoms with Crippen LogP contribution in [0.1, 0.15) is 70.5 Å². The van der Waals surface area contributed by atoms with Crippen LogP contribution in [0.2, 0.25) is 0 Å². The van der Waals surface area contributed by atoms with E-state index in [1.54, 1.807) is 13.8 Å². The third kappa shape index (κ3) is 7.95. The first-order chi connectivity index (χ1) is 20.0. The van der Waals surface area contributed by atoms with Gasteiger partial charge >= 0.3 is 12.1 Å². The van der Waals surface area contributed by atoms with E-state index in [2.05, 4.69) is 21.8 Å². The molecule has 1 atom stereocenters. The molecule has 1 saturated carbocycles. The SMILES string of the molecule is CC(C)OC(=O)C(CC(C)(C)CC#N)(NC(=S)NC(=O)OCc1ccccc1)c1ccc(-c2cnn(C3CC3)c2)cc1. The van der Waals surface area contributed by atoms with Gasteiger partial charge in [0.2, 0.25) is 0 Å². The first kappa shape index (κ1) is 30.7. The number of hydrogen-bond donors (Lipinski definition) is 2. The van der Waals surface area contributed by atoms with E-state index in [4.69, 9.17) is 21.7 Å². The van der Waals surface area contributed by atoms with Crippen LogP contribution in [0.4, 0.5) is 4.79 Å². The summed E-state index contributed by atoms with van der Waals surface area (Å²) in [4.78, 5) is 26.6. The minimum atomic E-state index is -1.51. The van der Waals surface area contributed by atoms with Gasteiger partial charge in [-0.15, -0.1) is 0 Å². The molecule has 2 aromatic carbocycles. The number of aromatic nitrogens is 2. The molecule has 1 amide bonds. The molecule has 2 N–H and O–H groups in total. The van der Waals surface area contributed by atoms with Crippen molar-refractivity contribution in [3.8, 4) is 17.2 Å². The molecule has 1 aliphatic carbocycles. The molecule has 3 aromatic rings. The summed E-state index contributed by atoms with van der Waals surface area (Å²) in [5.74, 6) is -0.570. The standard InChI is InChI=1S/C32H37N5O4S/c1-22(2)41-28(38)32(21-31(3,4)16-17-33,36-29(42)35-30(39)40-20-23-8-6-5-7-9-23)26-12-10-24(11-13-26)25-18-34-37(19-25)27-14-15-27/h5-13,18-19,22,27H,14-16,20-21H2,1-4H3,(H2,35,36,39,42). The zero-order valence-corrected chi connectivity index (χ0v) is 25.2. The van der Waals surface area contributed by atoms with Crippen molar-refractivity contribution in [1.82, 2.24) is 20.4 Å². The van der Waals surface area contributed by atoms with Gasteiger partial charge in [-0.2, -0.15) is 10.4 Å². The Kier molecular flexibility index (Phi) is 9.63. The van der Waals surface area contributed by atoms with Gasteiger partial charge in [0.05, 0.1) is 24.4 Å². The van der Waals surface area contributed by atoms with E-state index < -0.39 is 29.1 Å². The number of alkyl carbamates (subject to hydrolysis) is 1. The van der Waals surface area contributed by atoms with Crippen molar-refractivity contribution in [3.05, 3.63) is 78.1 Å². The molecule has 0 bridgehead atoms. The van der Waals surface area contributed by atoms with Crippen LogP contribution in [-0.2, 0) is 26.4 Å². The summed E-state index contributed by atoms with van der Waals surface area (Å²) < 4.78 is 13.1. The molecule has 0 spiro atoms. The quantitative estimate of drug-likeness (QED) is 0.202. The molecule has 1 aliphatic rings. The van der Waals surface area contributed by atoms with Crippen LogP contribution in [0.3, 0.4) is 0 Å². The number of benzene rings is 2. The van der Waals surface area contributed by atoms with Crippen molar-refractivity contribution in [3.63, 3.8) is 0 Å². The molecule has 9 nitrogen and oxygen atoms in total. The highest BCUT2D eigenvalue weighted by molar-refractivity contribution is 7.80. The predicted molar refractivity (Wildman–Crippen MR) is 163 cm³/mol. The maximum atomic E-state index is 13.9. The van der Waals surface area contributed by atoms with Gasteiger partial charge in [-0.05, 0) is 67.4 Å². The van der Waals surface area contributed by atoms with Crippen LogP contribution in [0, 0.1) is 16.7 Å². The number of carbonyl (C=O) groups excluding carboxylic acids is 2. The summed E-state index contributed by atoms with van der Waals surface area (Å²) in [6.07, 6.45) is 5.31. The van der Waals surface area contributed by atoms with Crippen molar-refractivity contribution in [2.45, 2.75) is 77.7 Å². The van der Waals surface area contributed by atoms with Crippen LogP contribution in [0.25, 0.3) is 11.1 Å². The molecular formula is C32H37N5O4S. The third-order valence-electron chi connectivity index (χ3n) is 6.98. The summed E-state index contributed by atoms with van der Waals surface area (Å²) in [7, 11) is 0. The molecule has 1 fully saturated rings. The van der Waals surface area contributed by atoms with Gasteiger partial charge in [0.25, 0.3) is 0 Å². The summed E-state index contributed by atoms with van der Waals surface area (Å²) in [6, 6.07) is 19.5. The van der Waals surface area contributed by atoms with Crippen molar-refractivity contribution in [2.24, 2.45) is 5.41 Å². The number of nitriles is 1. The third-order valence-corrected chi connectivity index (χ3v) is 7.19. The molecule has 1 aromatic heterocycles. The maximum Gasteiger partial charge on any atom is 0.413 e. The number of rotatable bonds is 11. The highest BCUT2D eigenvalue weighted by atomic mass is 32.1. The molecule has 4 rings (SSSR count). The second-order valence-electron chi connectivity index (χ2n) is 11.7. The Labute approximate surface area is 252 Å². The molecule has 42 heavy (non-hydrogen) atoms. The Morgan fingerprint density at radius 1 is 1.12 bits per heavy atom. The normalized spacial score (nSPS) is 14.4. The lowest BCUT2D eigenvalue weighted by Gasteiger charge is -2.39. The fourth-order valence-electron chi connectivity index (χ4n) is 4.82. The molecular weight excluding hydrogens is 550 g/mol. The van der Waals surface area contributed by atoms with Gasteiger partial charge in [-0.3, -0.25) is 10.00 Å². The lowest BCUT2D eigenvalue weighted by molar-refractivity contribution is -0.157. The first-order valence-corrected chi connectivity index (χ1v) is 14.4. The van der Waals surface area contributed by atoms with Crippen LogP contribution >= 0.6 is 12.2 Å². The summed E-state index contributed by atoms with van der Waals surface area (Å²) in [5, 5.41) is 19.5. The number of nitrogens with one attached hydrogen (secondary N) is 2. The van der Waals surface area contributed by atoms with Gasteiger partial charge in [0.1, 0.15) is 6.61 Å². The molecule has 0 radical (unpaired) electrons. The van der Waals surface area contributed by atoms with E-state index in [0.29, 0.717) is 11.6 Å². The number of esters is 1. The summed E-state index contributed by atoms with van der Waals surface area (Å²) >= 11 is 5.52. The number of carbonyl (C=O) groups is 2. The van der Waals surface area contributed by atoms with Gasteiger partial charge in [0, 0.05) is 18.2 Å². The van der Waals surface area contributed by atoms with Gasteiger partial charge < -0.3 is 14.8 Å². The molecule has 0 aliphatic heterocycles. The highest BCUT2D eigenvalue weighted by Crippen LogP contribution is 2.40. The lowest BCUT2D eigenvalue weighted by atomic mass is 9.73. The Hall–Kier alpha value is -4.23. The Morgan fingerprint density at radius 2 is 1.81 bits per heavy atom. The van der Waals surface area contributed by atoms with Crippen LogP contribution < -0.4 is 10.6 Å². The predicted octanol–water partition coefficient (Wildman–Crippen LogP) is 6.16. The smallest absolute Gasteiger partial charge is 0.413 e. The molecule has 1 heterocycles. The lowest BCUT2D eigenvalue weighted by Crippen LogP contribution is -2.58. The molecule has 220 valence electrons. The topological polar surface area (TPSA) is 118 Å². The number of hydrogen-bond acceptors (Lipinski definition) is 7. The minimum Gasteiger partial charge on any atom is -0.461 e. The fourth-order valence-corrected chi connectivity index (χ4v) is 5.08. The van der Waals surface area contributed by atoms with E-state index in [9.17, 15) is 14.9 Å². The number of amides is 1. The average Bonchev–Trinajstić information content (AvgIpc) is 3.67.